The Balaban J connectivity index is 1.91. The zero-order valence-electron chi connectivity index (χ0n) is 15.1. The van der Waals surface area contributed by atoms with Crippen LogP contribution in [0.1, 0.15) is 11.1 Å². The molecule has 0 radical (unpaired) electrons. The molecule has 0 atom stereocenters. The van der Waals surface area contributed by atoms with E-state index >= 15 is 0 Å². The van der Waals surface area contributed by atoms with Crippen molar-refractivity contribution in [2.24, 2.45) is 9.98 Å². The molecular formula is C19H16N4O5. The number of hydrogen-bond acceptors (Lipinski definition) is 7. The van der Waals surface area contributed by atoms with Crippen molar-refractivity contribution in [1.82, 2.24) is 0 Å². The summed E-state index contributed by atoms with van der Waals surface area (Å²) in [6.07, 6.45) is 2.02. The number of carbonyl (C=O) groups is 2. The lowest BCUT2D eigenvalue weighted by Gasteiger charge is -2.09. The van der Waals surface area contributed by atoms with Crippen molar-refractivity contribution in [2.45, 2.75) is 13.8 Å². The van der Waals surface area contributed by atoms with Crippen LogP contribution < -0.4 is 10.6 Å². The Bertz CT molecular complexity index is 924. The van der Waals surface area contributed by atoms with Crippen LogP contribution in [0.25, 0.3) is 0 Å². The molecule has 9 heteroatoms. The van der Waals surface area contributed by atoms with Gasteiger partial charge in [-0.05, 0) is 49.2 Å². The normalized spacial score (nSPS) is 9.50. The summed E-state index contributed by atoms with van der Waals surface area (Å²) >= 11 is 0. The van der Waals surface area contributed by atoms with Crippen LogP contribution in [0.15, 0.2) is 46.4 Å². The van der Waals surface area contributed by atoms with E-state index in [-0.39, 0.29) is 0 Å². The summed E-state index contributed by atoms with van der Waals surface area (Å²) in [5.74, 6) is -0.574. The summed E-state index contributed by atoms with van der Waals surface area (Å²) in [4.78, 5) is 51.6. The molecule has 28 heavy (non-hydrogen) atoms. The number of anilines is 2. The molecule has 0 unspecified atom stereocenters. The number of nitrogens with one attached hydrogen (secondary N) is 2. The lowest BCUT2D eigenvalue weighted by Crippen LogP contribution is -2.23. The van der Waals surface area contributed by atoms with Gasteiger partial charge in [-0.3, -0.25) is 10.1 Å². The maximum absolute atomic E-state index is 11.9. The van der Waals surface area contributed by atoms with Gasteiger partial charge in [0.2, 0.25) is 12.2 Å². The standard InChI is InChI=1S/C19H16N4O5/c1-12-3-5-14(7-16(12)20-10-24)22-18(26)9-28-19(27)23-15-6-4-13(2)17(8-15)21-11-25/h3-8H,9H2,1-2H3,(H,22,26)(H,23,27). The predicted molar refractivity (Wildman–Crippen MR) is 102 cm³/mol. The van der Waals surface area contributed by atoms with E-state index < -0.39 is 18.6 Å². The molecule has 0 saturated heterocycles. The third kappa shape index (κ3) is 5.74. The Labute approximate surface area is 160 Å². The molecule has 0 heterocycles. The molecule has 2 aromatic carbocycles. The van der Waals surface area contributed by atoms with E-state index in [9.17, 15) is 19.2 Å². The first-order valence-corrected chi connectivity index (χ1v) is 8.03. The molecule has 2 rings (SSSR count). The Kier molecular flexibility index (Phi) is 6.93. The van der Waals surface area contributed by atoms with Gasteiger partial charge >= 0.3 is 6.09 Å². The fraction of sp³-hybridized carbons (Fsp3) is 0.158. The van der Waals surface area contributed by atoms with E-state index in [1.165, 1.54) is 24.3 Å². The van der Waals surface area contributed by atoms with Gasteiger partial charge in [0.15, 0.2) is 6.61 Å². The molecule has 0 aliphatic rings. The number of rotatable bonds is 6. The molecule has 0 spiro atoms. The van der Waals surface area contributed by atoms with E-state index in [0.717, 1.165) is 11.1 Å². The zero-order valence-corrected chi connectivity index (χ0v) is 15.1. The SMILES string of the molecule is Cc1ccc(NC(=O)COC(=O)Nc2ccc(C)c(N=C=O)c2)cc1N=C=O. The summed E-state index contributed by atoms with van der Waals surface area (Å²) in [5.41, 5.74) is 2.95. The highest BCUT2D eigenvalue weighted by Gasteiger charge is 2.10. The molecule has 142 valence electrons. The first kappa shape index (κ1) is 20.3. The second-order valence-corrected chi connectivity index (χ2v) is 5.66. The summed E-state index contributed by atoms with van der Waals surface area (Å²) in [7, 11) is 0. The second kappa shape index (κ2) is 9.59. The molecule has 9 nitrogen and oxygen atoms in total. The van der Waals surface area contributed by atoms with Crippen molar-refractivity contribution in [2.75, 3.05) is 17.2 Å². The molecular weight excluding hydrogens is 364 g/mol. The average Bonchev–Trinajstić information content (AvgIpc) is 2.66. The highest BCUT2D eigenvalue weighted by molar-refractivity contribution is 5.94. The molecule has 0 aromatic heterocycles. The first-order valence-electron chi connectivity index (χ1n) is 8.03. The summed E-state index contributed by atoms with van der Waals surface area (Å²) < 4.78 is 4.86. The number of carbonyl (C=O) groups excluding carboxylic acids is 4. The van der Waals surface area contributed by atoms with Crippen molar-refractivity contribution in [3.63, 3.8) is 0 Å². The van der Waals surface area contributed by atoms with Gasteiger partial charge in [-0.25, -0.2) is 14.4 Å². The van der Waals surface area contributed by atoms with Crippen LogP contribution in [0.3, 0.4) is 0 Å². The molecule has 0 aliphatic carbocycles. The van der Waals surface area contributed by atoms with Crippen LogP contribution >= 0.6 is 0 Å². The van der Waals surface area contributed by atoms with Crippen LogP contribution in [0.2, 0.25) is 0 Å². The van der Waals surface area contributed by atoms with Crippen molar-refractivity contribution in [3.8, 4) is 0 Å². The van der Waals surface area contributed by atoms with Crippen molar-refractivity contribution in [3.05, 3.63) is 47.5 Å². The van der Waals surface area contributed by atoms with Gasteiger partial charge in [0.1, 0.15) is 0 Å². The van der Waals surface area contributed by atoms with Crippen molar-refractivity contribution in [1.29, 1.82) is 0 Å². The van der Waals surface area contributed by atoms with Crippen molar-refractivity contribution >= 4 is 46.9 Å². The Morgan fingerprint density at radius 3 is 1.89 bits per heavy atom. The molecule has 2 N–H and O–H groups in total. The quantitative estimate of drug-likeness (QED) is 0.586. The highest BCUT2D eigenvalue weighted by Crippen LogP contribution is 2.23. The number of benzene rings is 2. The van der Waals surface area contributed by atoms with E-state index in [2.05, 4.69) is 20.6 Å². The number of ether oxygens (including phenoxy) is 1. The summed E-state index contributed by atoms with van der Waals surface area (Å²) in [6, 6.07) is 9.54. The van der Waals surface area contributed by atoms with Gasteiger partial charge in [0, 0.05) is 11.4 Å². The minimum Gasteiger partial charge on any atom is -0.439 e. The van der Waals surface area contributed by atoms with Crippen LogP contribution in [-0.4, -0.2) is 30.8 Å². The Hall–Kier alpha value is -4.06. The largest absolute Gasteiger partial charge is 0.439 e. The number of amides is 2. The van der Waals surface area contributed by atoms with Gasteiger partial charge in [-0.2, -0.15) is 9.98 Å². The topological polar surface area (TPSA) is 126 Å². The first-order chi connectivity index (χ1) is 13.4. The van der Waals surface area contributed by atoms with Crippen LogP contribution in [-0.2, 0) is 19.1 Å². The van der Waals surface area contributed by atoms with E-state index in [1.54, 1.807) is 38.1 Å². The number of aryl methyl sites for hydroxylation is 2. The molecule has 0 fully saturated rings. The van der Waals surface area contributed by atoms with Gasteiger partial charge in [-0.15, -0.1) is 0 Å². The lowest BCUT2D eigenvalue weighted by atomic mass is 10.2. The Morgan fingerprint density at radius 2 is 1.39 bits per heavy atom. The van der Waals surface area contributed by atoms with Crippen LogP contribution in [0.4, 0.5) is 27.5 Å². The lowest BCUT2D eigenvalue weighted by molar-refractivity contribution is -0.118. The smallest absolute Gasteiger partial charge is 0.412 e. The maximum atomic E-state index is 11.9. The van der Waals surface area contributed by atoms with Gasteiger partial charge in [-0.1, -0.05) is 12.1 Å². The van der Waals surface area contributed by atoms with E-state index in [1.807, 2.05) is 0 Å². The summed E-state index contributed by atoms with van der Waals surface area (Å²) in [5, 5.41) is 4.96. The number of nitrogens with zero attached hydrogens (tertiary/aromatic N) is 2. The molecule has 0 bridgehead atoms. The third-order valence-corrected chi connectivity index (χ3v) is 3.61. The van der Waals surface area contributed by atoms with Crippen LogP contribution in [0, 0.1) is 13.8 Å². The second-order valence-electron chi connectivity index (χ2n) is 5.66. The molecule has 0 aliphatic heterocycles. The molecule has 0 saturated carbocycles. The van der Waals surface area contributed by atoms with Gasteiger partial charge < -0.3 is 10.1 Å². The maximum Gasteiger partial charge on any atom is 0.412 e. The fourth-order valence-corrected chi connectivity index (χ4v) is 2.20. The fourth-order valence-electron chi connectivity index (χ4n) is 2.20. The Morgan fingerprint density at radius 1 is 0.893 bits per heavy atom. The van der Waals surface area contributed by atoms with E-state index in [0.29, 0.717) is 22.7 Å². The number of isocyanates is 2. The van der Waals surface area contributed by atoms with Gasteiger partial charge in [0.25, 0.3) is 5.91 Å². The minimum absolute atomic E-state index is 0.347. The summed E-state index contributed by atoms with van der Waals surface area (Å²) in [6.45, 7) is 2.98. The predicted octanol–water partition coefficient (Wildman–Crippen LogP) is 3.43. The van der Waals surface area contributed by atoms with Crippen molar-refractivity contribution < 1.29 is 23.9 Å². The molecule has 2 aromatic rings. The highest BCUT2D eigenvalue weighted by atomic mass is 16.6. The van der Waals surface area contributed by atoms with Crippen LogP contribution in [0.5, 0.6) is 0 Å². The van der Waals surface area contributed by atoms with E-state index in [4.69, 9.17) is 4.74 Å². The van der Waals surface area contributed by atoms with Gasteiger partial charge in [0.05, 0.1) is 11.4 Å². The monoisotopic (exact) mass is 380 g/mol. The number of hydrogen-bond donors (Lipinski definition) is 2. The molecule has 2 amide bonds. The minimum atomic E-state index is -0.852. The zero-order chi connectivity index (χ0) is 20.5. The number of aliphatic imine (C=N–C) groups is 2. The third-order valence-electron chi connectivity index (χ3n) is 3.61. The average molecular weight is 380 g/mol.